The maximum absolute atomic E-state index is 12.1. The molecule has 0 radical (unpaired) electrons. The highest BCUT2D eigenvalue weighted by Crippen LogP contribution is 2.21. The smallest absolute Gasteiger partial charge is 0.343 e. The highest BCUT2D eigenvalue weighted by molar-refractivity contribution is 5.91. The van der Waals surface area contributed by atoms with E-state index in [4.69, 9.17) is 4.74 Å². The number of unbranched alkanes of at least 4 members (excludes halogenated alkanes) is 1. The first kappa shape index (κ1) is 18.1. The molecule has 0 unspecified atom stereocenters. The Labute approximate surface area is 145 Å². The lowest BCUT2D eigenvalue weighted by Gasteiger charge is -2.17. The zero-order valence-electron chi connectivity index (χ0n) is 14.8. The molecule has 1 N–H and O–H groups in total. The van der Waals surface area contributed by atoms with Gasteiger partial charge < -0.3 is 10.1 Å². The molecule has 0 spiro atoms. The van der Waals surface area contributed by atoms with Gasteiger partial charge in [0.25, 0.3) is 0 Å². The molecular weight excluding hydrogens is 298 g/mol. The lowest BCUT2D eigenvalue weighted by Crippen LogP contribution is -2.09. The summed E-state index contributed by atoms with van der Waals surface area (Å²) in [4.78, 5) is 12.1. The van der Waals surface area contributed by atoms with Gasteiger partial charge in [-0.3, -0.25) is 0 Å². The van der Waals surface area contributed by atoms with Gasteiger partial charge in [0.1, 0.15) is 5.75 Å². The van der Waals surface area contributed by atoms with Crippen LogP contribution in [0, 0.1) is 5.41 Å². The third kappa shape index (κ3) is 6.45. The monoisotopic (exact) mass is 325 g/mol. The first-order chi connectivity index (χ1) is 11.4. The van der Waals surface area contributed by atoms with E-state index in [0.29, 0.717) is 16.7 Å². The van der Waals surface area contributed by atoms with E-state index in [2.05, 4.69) is 26.1 Å². The Hall–Kier alpha value is -2.29. The van der Waals surface area contributed by atoms with Crippen molar-refractivity contribution < 1.29 is 9.53 Å². The number of esters is 1. The van der Waals surface area contributed by atoms with E-state index in [9.17, 15) is 4.79 Å². The first-order valence-electron chi connectivity index (χ1n) is 8.55. The van der Waals surface area contributed by atoms with Gasteiger partial charge in [0.2, 0.25) is 0 Å². The maximum atomic E-state index is 12.1. The van der Waals surface area contributed by atoms with E-state index in [1.54, 1.807) is 24.3 Å². The Morgan fingerprint density at radius 1 is 0.958 bits per heavy atom. The molecule has 0 saturated heterocycles. The van der Waals surface area contributed by atoms with Crippen molar-refractivity contribution in [3.63, 3.8) is 0 Å². The molecule has 0 fully saturated rings. The molecule has 0 amide bonds. The number of benzene rings is 2. The van der Waals surface area contributed by atoms with Crippen LogP contribution in [0.25, 0.3) is 0 Å². The second kappa shape index (κ2) is 8.53. The summed E-state index contributed by atoms with van der Waals surface area (Å²) in [5.41, 5.74) is 1.99. The molecule has 2 aromatic rings. The largest absolute Gasteiger partial charge is 0.423 e. The Balaban J connectivity index is 1.77. The Kier molecular flexibility index (Phi) is 6.42. The van der Waals surface area contributed by atoms with Gasteiger partial charge in [0.15, 0.2) is 0 Å². The summed E-state index contributed by atoms with van der Waals surface area (Å²) in [6.45, 7) is 7.76. The molecule has 0 aromatic heterocycles. The number of carbonyl (C=O) groups excluding carboxylic acids is 1. The summed E-state index contributed by atoms with van der Waals surface area (Å²) in [6.07, 6.45) is 3.60. The fourth-order valence-electron chi connectivity index (χ4n) is 2.39. The molecule has 128 valence electrons. The van der Waals surface area contributed by atoms with Gasteiger partial charge in [0.05, 0.1) is 5.56 Å². The Morgan fingerprint density at radius 2 is 1.62 bits per heavy atom. The summed E-state index contributed by atoms with van der Waals surface area (Å²) >= 11 is 0. The molecule has 3 heteroatoms. The van der Waals surface area contributed by atoms with Crippen LogP contribution in [0.3, 0.4) is 0 Å². The molecule has 2 rings (SSSR count). The highest BCUT2D eigenvalue weighted by atomic mass is 16.5. The number of para-hydroxylation sites is 1. The van der Waals surface area contributed by atoms with Gasteiger partial charge in [-0.1, -0.05) is 45.4 Å². The summed E-state index contributed by atoms with van der Waals surface area (Å²) in [5, 5.41) is 3.39. The van der Waals surface area contributed by atoms with Crippen LogP contribution in [-0.4, -0.2) is 12.5 Å². The van der Waals surface area contributed by atoms with E-state index >= 15 is 0 Å². The maximum Gasteiger partial charge on any atom is 0.343 e. The number of nitrogens with one attached hydrogen (secondary N) is 1. The predicted molar refractivity (Wildman–Crippen MR) is 99.6 cm³/mol. The van der Waals surface area contributed by atoms with Crippen molar-refractivity contribution >= 4 is 11.7 Å². The van der Waals surface area contributed by atoms with E-state index in [1.807, 2.05) is 30.3 Å². The first-order valence-corrected chi connectivity index (χ1v) is 8.55. The molecule has 24 heavy (non-hydrogen) atoms. The van der Waals surface area contributed by atoms with Crippen molar-refractivity contribution in [3.05, 3.63) is 60.2 Å². The van der Waals surface area contributed by atoms with Crippen LogP contribution in [0.2, 0.25) is 0 Å². The minimum atomic E-state index is -0.335. The van der Waals surface area contributed by atoms with Crippen LogP contribution >= 0.6 is 0 Å². The van der Waals surface area contributed by atoms with Crippen LogP contribution in [0.1, 0.15) is 50.4 Å². The molecular formula is C21H27NO2. The van der Waals surface area contributed by atoms with Crippen molar-refractivity contribution in [2.45, 2.75) is 40.0 Å². The quantitative estimate of drug-likeness (QED) is 0.413. The summed E-state index contributed by atoms with van der Waals surface area (Å²) < 4.78 is 5.33. The average Bonchev–Trinajstić information content (AvgIpc) is 2.55. The summed E-state index contributed by atoms with van der Waals surface area (Å²) in [7, 11) is 0. The zero-order valence-corrected chi connectivity index (χ0v) is 14.8. The minimum absolute atomic E-state index is 0.335. The third-order valence-electron chi connectivity index (χ3n) is 3.76. The molecule has 3 nitrogen and oxygen atoms in total. The van der Waals surface area contributed by atoms with Gasteiger partial charge in [0, 0.05) is 12.2 Å². The second-order valence-electron chi connectivity index (χ2n) is 7.22. The van der Waals surface area contributed by atoms with Crippen molar-refractivity contribution in [1.29, 1.82) is 0 Å². The van der Waals surface area contributed by atoms with Crippen LogP contribution in [0.4, 0.5) is 5.69 Å². The molecule has 0 aliphatic heterocycles. The SMILES string of the molecule is CC(C)(C)CCCCNc1ccc(C(=O)Oc2ccccc2)cc1. The molecule has 0 bridgehead atoms. The van der Waals surface area contributed by atoms with Crippen LogP contribution < -0.4 is 10.1 Å². The molecule has 0 aliphatic rings. The van der Waals surface area contributed by atoms with E-state index in [-0.39, 0.29) is 5.97 Å². The molecule has 0 heterocycles. The van der Waals surface area contributed by atoms with Gasteiger partial charge in [-0.15, -0.1) is 0 Å². The number of anilines is 1. The minimum Gasteiger partial charge on any atom is -0.423 e. The zero-order chi connectivity index (χ0) is 17.4. The topological polar surface area (TPSA) is 38.3 Å². The lowest BCUT2D eigenvalue weighted by atomic mass is 9.90. The van der Waals surface area contributed by atoms with Crippen LogP contribution in [0.15, 0.2) is 54.6 Å². The van der Waals surface area contributed by atoms with Crippen molar-refractivity contribution in [3.8, 4) is 5.75 Å². The Bertz CT molecular complexity index is 627. The van der Waals surface area contributed by atoms with Gasteiger partial charge in [-0.25, -0.2) is 4.79 Å². The summed E-state index contributed by atoms with van der Waals surface area (Å²) in [6, 6.07) is 16.5. The lowest BCUT2D eigenvalue weighted by molar-refractivity contribution is 0.0735. The third-order valence-corrected chi connectivity index (χ3v) is 3.76. The highest BCUT2D eigenvalue weighted by Gasteiger charge is 2.09. The number of ether oxygens (including phenoxy) is 1. The number of hydrogen-bond donors (Lipinski definition) is 1. The van der Waals surface area contributed by atoms with Crippen molar-refractivity contribution in [2.24, 2.45) is 5.41 Å². The fourth-order valence-corrected chi connectivity index (χ4v) is 2.39. The normalized spacial score (nSPS) is 11.1. The number of rotatable bonds is 7. The molecule has 2 aromatic carbocycles. The Morgan fingerprint density at radius 3 is 2.25 bits per heavy atom. The van der Waals surface area contributed by atoms with E-state index in [0.717, 1.165) is 18.7 Å². The van der Waals surface area contributed by atoms with E-state index in [1.165, 1.54) is 12.8 Å². The average molecular weight is 325 g/mol. The molecule has 0 atom stereocenters. The van der Waals surface area contributed by atoms with Crippen LogP contribution in [0.5, 0.6) is 5.75 Å². The summed E-state index contributed by atoms with van der Waals surface area (Å²) in [5.74, 6) is 0.224. The van der Waals surface area contributed by atoms with Gasteiger partial charge >= 0.3 is 5.97 Å². The predicted octanol–water partition coefficient (Wildman–Crippen LogP) is 5.53. The standard InChI is InChI=1S/C21H27NO2/c1-21(2,3)15-7-8-16-22-18-13-11-17(12-14-18)20(23)24-19-9-5-4-6-10-19/h4-6,9-14,22H,7-8,15-16H2,1-3H3. The number of hydrogen-bond acceptors (Lipinski definition) is 3. The van der Waals surface area contributed by atoms with E-state index < -0.39 is 0 Å². The van der Waals surface area contributed by atoms with Gasteiger partial charge in [-0.2, -0.15) is 0 Å². The van der Waals surface area contributed by atoms with Crippen LogP contribution in [-0.2, 0) is 0 Å². The van der Waals surface area contributed by atoms with Crippen molar-refractivity contribution in [1.82, 2.24) is 0 Å². The van der Waals surface area contributed by atoms with Crippen molar-refractivity contribution in [2.75, 3.05) is 11.9 Å². The number of carbonyl (C=O) groups is 1. The van der Waals surface area contributed by atoms with Gasteiger partial charge in [-0.05, 0) is 54.7 Å². The second-order valence-corrected chi connectivity index (χ2v) is 7.22. The fraction of sp³-hybridized carbons (Fsp3) is 0.381. The molecule has 0 aliphatic carbocycles. The molecule has 0 saturated carbocycles.